The summed E-state index contributed by atoms with van der Waals surface area (Å²) in [4.78, 5) is 14.5. The lowest BCUT2D eigenvalue weighted by Gasteiger charge is -2.34. The number of carbonyl (C=O) groups excluding carboxylic acids is 1. The van der Waals surface area contributed by atoms with E-state index in [1.54, 1.807) is 0 Å². The summed E-state index contributed by atoms with van der Waals surface area (Å²) < 4.78 is 10.6. The van der Waals surface area contributed by atoms with Crippen LogP contribution in [0.2, 0.25) is 0 Å². The number of carbonyl (C=O) groups is 1. The number of hydrogen-bond acceptors (Lipinski definition) is 5. The molecule has 2 aliphatic rings. The normalized spacial score (nSPS) is 19.6. The topological polar surface area (TPSA) is 71.0 Å². The third-order valence-electron chi connectivity index (χ3n) is 4.74. The first-order chi connectivity index (χ1) is 11.2. The quantitative estimate of drug-likeness (QED) is 0.851. The number of fused-ring (bicyclic) bond motifs is 1. The largest absolute Gasteiger partial charge is 0.454 e. The highest BCUT2D eigenvalue weighted by Crippen LogP contribution is 2.32. The second-order valence-electron chi connectivity index (χ2n) is 6.24. The molecule has 0 unspecified atom stereocenters. The van der Waals surface area contributed by atoms with Crippen LogP contribution in [0, 0.1) is 5.92 Å². The van der Waals surface area contributed by atoms with Gasteiger partial charge in [-0.15, -0.1) is 0 Å². The molecule has 2 N–H and O–H groups in total. The Hall–Kier alpha value is -1.79. The molecule has 0 radical (unpaired) electrons. The van der Waals surface area contributed by atoms with Crippen molar-refractivity contribution < 1.29 is 19.4 Å². The molecule has 0 aliphatic carbocycles. The zero-order valence-corrected chi connectivity index (χ0v) is 13.5. The zero-order chi connectivity index (χ0) is 16.2. The minimum atomic E-state index is -0.149. The second-order valence-corrected chi connectivity index (χ2v) is 6.24. The van der Waals surface area contributed by atoms with Gasteiger partial charge in [-0.1, -0.05) is 6.07 Å². The fourth-order valence-electron chi connectivity index (χ4n) is 3.08. The van der Waals surface area contributed by atoms with Gasteiger partial charge in [-0.25, -0.2) is 0 Å². The molecule has 1 aromatic rings. The molecule has 6 heteroatoms. The van der Waals surface area contributed by atoms with Crippen molar-refractivity contribution in [3.05, 3.63) is 23.8 Å². The minimum absolute atomic E-state index is 0.0325. The maximum absolute atomic E-state index is 12.3. The number of rotatable bonds is 5. The lowest BCUT2D eigenvalue weighted by atomic mass is 9.97. The maximum atomic E-state index is 12.3. The van der Waals surface area contributed by atoms with Gasteiger partial charge < -0.3 is 19.9 Å². The Balaban J connectivity index is 1.49. The number of aliphatic hydroxyl groups is 1. The van der Waals surface area contributed by atoms with Crippen molar-refractivity contribution >= 4 is 5.91 Å². The van der Waals surface area contributed by atoms with Gasteiger partial charge in [0, 0.05) is 13.2 Å². The number of nitrogens with zero attached hydrogens (tertiary/aromatic N) is 1. The molecule has 1 atom stereocenters. The predicted molar refractivity (Wildman–Crippen MR) is 85.3 cm³/mol. The number of piperidine rings is 1. The fraction of sp³-hybridized carbons (Fsp3) is 0.588. The summed E-state index contributed by atoms with van der Waals surface area (Å²) in [6, 6.07) is 5.56. The summed E-state index contributed by atoms with van der Waals surface area (Å²) in [5.41, 5.74) is 0.994. The van der Waals surface area contributed by atoms with Gasteiger partial charge in [-0.3, -0.25) is 9.69 Å². The SMILES string of the molecule is C[C@H](C(=O)NCc1ccc2c(c1)OCO2)N1CCC(CO)CC1. The van der Waals surface area contributed by atoms with E-state index in [1.165, 1.54) is 0 Å². The van der Waals surface area contributed by atoms with Crippen molar-refractivity contribution in [2.24, 2.45) is 5.92 Å². The number of ether oxygens (including phenoxy) is 2. The van der Waals surface area contributed by atoms with E-state index in [0.29, 0.717) is 12.5 Å². The van der Waals surface area contributed by atoms with Crippen LogP contribution in [0.1, 0.15) is 25.3 Å². The monoisotopic (exact) mass is 320 g/mol. The standard InChI is InChI=1S/C17H24N2O4/c1-12(19-6-4-13(10-20)5-7-19)17(21)18-9-14-2-3-15-16(8-14)23-11-22-15/h2-3,8,12-13,20H,4-7,9-11H2,1H3,(H,18,21)/t12-/m1/s1. The molecule has 0 aromatic heterocycles. The summed E-state index contributed by atoms with van der Waals surface area (Å²) >= 11 is 0. The van der Waals surface area contributed by atoms with Crippen LogP contribution in [0.4, 0.5) is 0 Å². The number of aliphatic hydroxyl groups excluding tert-OH is 1. The van der Waals surface area contributed by atoms with Crippen molar-refractivity contribution in [3.8, 4) is 11.5 Å². The number of benzene rings is 1. The van der Waals surface area contributed by atoms with Gasteiger partial charge in [0.25, 0.3) is 0 Å². The predicted octanol–water partition coefficient (Wildman–Crippen LogP) is 1.12. The summed E-state index contributed by atoms with van der Waals surface area (Å²) in [5.74, 6) is 1.90. The molecule has 126 valence electrons. The molecule has 1 aromatic carbocycles. The van der Waals surface area contributed by atoms with Crippen LogP contribution in [-0.2, 0) is 11.3 Å². The Bertz CT molecular complexity index is 556. The summed E-state index contributed by atoms with van der Waals surface area (Å²) in [6.07, 6.45) is 1.91. The van der Waals surface area contributed by atoms with E-state index < -0.39 is 0 Å². The first-order valence-corrected chi connectivity index (χ1v) is 8.18. The molecule has 2 heterocycles. The Labute approximate surface area is 136 Å². The number of likely N-dealkylation sites (tertiary alicyclic amines) is 1. The Morgan fingerprint density at radius 1 is 1.35 bits per heavy atom. The highest BCUT2D eigenvalue weighted by Gasteiger charge is 2.26. The van der Waals surface area contributed by atoms with Crippen LogP contribution in [0.15, 0.2) is 18.2 Å². The lowest BCUT2D eigenvalue weighted by molar-refractivity contribution is -0.126. The lowest BCUT2D eigenvalue weighted by Crippen LogP contribution is -2.48. The Kier molecular flexibility index (Phi) is 5.03. The van der Waals surface area contributed by atoms with E-state index in [4.69, 9.17) is 9.47 Å². The van der Waals surface area contributed by atoms with Crippen molar-refractivity contribution in [2.45, 2.75) is 32.4 Å². The molecule has 1 amide bonds. The van der Waals surface area contributed by atoms with E-state index in [0.717, 1.165) is 43.0 Å². The van der Waals surface area contributed by atoms with Gasteiger partial charge in [0.15, 0.2) is 11.5 Å². The summed E-state index contributed by atoms with van der Waals surface area (Å²) in [5, 5.41) is 12.2. The number of nitrogens with one attached hydrogen (secondary N) is 1. The van der Waals surface area contributed by atoms with Crippen LogP contribution in [-0.4, -0.2) is 48.4 Å². The molecule has 0 spiro atoms. The summed E-state index contributed by atoms with van der Waals surface area (Å²) in [6.45, 7) is 4.65. The second kappa shape index (κ2) is 7.19. The van der Waals surface area contributed by atoms with Gasteiger partial charge >= 0.3 is 0 Å². The van der Waals surface area contributed by atoms with Crippen LogP contribution >= 0.6 is 0 Å². The van der Waals surface area contributed by atoms with E-state index in [2.05, 4.69) is 10.2 Å². The van der Waals surface area contributed by atoms with E-state index >= 15 is 0 Å². The molecule has 1 saturated heterocycles. The molecule has 0 bridgehead atoms. The van der Waals surface area contributed by atoms with Gasteiger partial charge in [0.2, 0.25) is 12.7 Å². The van der Waals surface area contributed by atoms with E-state index in [-0.39, 0.29) is 25.3 Å². The van der Waals surface area contributed by atoms with Gasteiger partial charge in [0.05, 0.1) is 6.04 Å². The summed E-state index contributed by atoms with van der Waals surface area (Å²) in [7, 11) is 0. The fourth-order valence-corrected chi connectivity index (χ4v) is 3.08. The number of amides is 1. The highest BCUT2D eigenvalue weighted by atomic mass is 16.7. The van der Waals surface area contributed by atoms with Crippen molar-refractivity contribution in [2.75, 3.05) is 26.5 Å². The highest BCUT2D eigenvalue weighted by molar-refractivity contribution is 5.81. The van der Waals surface area contributed by atoms with Gasteiger partial charge in [0.1, 0.15) is 0 Å². The van der Waals surface area contributed by atoms with Crippen molar-refractivity contribution in [1.82, 2.24) is 10.2 Å². The molecular formula is C17H24N2O4. The van der Waals surface area contributed by atoms with Crippen LogP contribution in [0.3, 0.4) is 0 Å². The van der Waals surface area contributed by atoms with Crippen molar-refractivity contribution in [1.29, 1.82) is 0 Å². The molecule has 3 rings (SSSR count). The molecule has 0 saturated carbocycles. The zero-order valence-electron chi connectivity index (χ0n) is 13.5. The molecule has 2 aliphatic heterocycles. The third-order valence-corrected chi connectivity index (χ3v) is 4.74. The van der Waals surface area contributed by atoms with Crippen LogP contribution in [0.25, 0.3) is 0 Å². The number of hydrogen-bond donors (Lipinski definition) is 2. The Morgan fingerprint density at radius 3 is 2.83 bits per heavy atom. The van der Waals surface area contributed by atoms with Gasteiger partial charge in [-0.05, 0) is 56.5 Å². The average Bonchev–Trinajstić information content (AvgIpc) is 3.06. The first-order valence-electron chi connectivity index (χ1n) is 8.18. The molecular weight excluding hydrogens is 296 g/mol. The van der Waals surface area contributed by atoms with E-state index in [9.17, 15) is 9.90 Å². The smallest absolute Gasteiger partial charge is 0.237 e. The van der Waals surface area contributed by atoms with Crippen LogP contribution < -0.4 is 14.8 Å². The minimum Gasteiger partial charge on any atom is -0.454 e. The maximum Gasteiger partial charge on any atom is 0.237 e. The molecule has 1 fully saturated rings. The Morgan fingerprint density at radius 2 is 2.09 bits per heavy atom. The van der Waals surface area contributed by atoms with Gasteiger partial charge in [-0.2, -0.15) is 0 Å². The van der Waals surface area contributed by atoms with Crippen LogP contribution in [0.5, 0.6) is 11.5 Å². The molecule has 6 nitrogen and oxygen atoms in total. The van der Waals surface area contributed by atoms with Crippen molar-refractivity contribution in [3.63, 3.8) is 0 Å². The first kappa shape index (κ1) is 16.1. The average molecular weight is 320 g/mol. The third kappa shape index (κ3) is 3.76. The van der Waals surface area contributed by atoms with E-state index in [1.807, 2.05) is 25.1 Å². The molecule has 23 heavy (non-hydrogen) atoms.